The molecule has 2 fully saturated rings. The van der Waals surface area contributed by atoms with E-state index in [9.17, 15) is 24.5 Å². The maximum Gasteiger partial charge on any atom is 0.271 e. The van der Waals surface area contributed by atoms with E-state index < -0.39 is 39.4 Å². The summed E-state index contributed by atoms with van der Waals surface area (Å²) in [6.45, 7) is 3.55. The molecule has 7 heteroatoms. The van der Waals surface area contributed by atoms with Gasteiger partial charge in [-0.3, -0.25) is 24.5 Å². The predicted molar refractivity (Wildman–Crippen MR) is 133 cm³/mol. The van der Waals surface area contributed by atoms with E-state index in [1.165, 1.54) is 24.3 Å². The van der Waals surface area contributed by atoms with E-state index in [0.29, 0.717) is 0 Å². The first-order valence-electron chi connectivity index (χ1n) is 11.8. The van der Waals surface area contributed by atoms with Crippen molar-refractivity contribution in [3.05, 3.63) is 106 Å². The number of benzene rings is 3. The van der Waals surface area contributed by atoms with E-state index in [-0.39, 0.29) is 17.2 Å². The Labute approximate surface area is 207 Å². The number of carbonyl (C=O) groups excluding carboxylic acids is 3. The summed E-state index contributed by atoms with van der Waals surface area (Å²) >= 11 is 0. The van der Waals surface area contributed by atoms with Crippen LogP contribution in [0.5, 0.6) is 0 Å². The topological polar surface area (TPSA) is 97.6 Å². The van der Waals surface area contributed by atoms with Crippen molar-refractivity contribution in [3.8, 4) is 0 Å². The number of fused-ring (bicyclic) bond motifs is 5. The van der Waals surface area contributed by atoms with Gasteiger partial charge < -0.3 is 0 Å². The van der Waals surface area contributed by atoms with Gasteiger partial charge in [-0.25, -0.2) is 4.90 Å². The molecule has 3 aromatic carbocycles. The standard InChI is InChI=1S/C29H22N2O5/c1-28-21(17-10-5-3-6-11-17)22(18-12-7-4-8-13-18)29(2,27(28)34)24-23(28)25(32)30(26(24)33)19-14-9-15-20(16-19)31(35)36/h3-16,23-24H,1-2H3/t23-,24-,28-,29+/m1/s1. The molecule has 3 aromatic rings. The van der Waals surface area contributed by atoms with E-state index in [2.05, 4.69) is 0 Å². The lowest BCUT2D eigenvalue weighted by atomic mass is 9.63. The molecular weight excluding hydrogens is 456 g/mol. The molecule has 0 spiro atoms. The minimum Gasteiger partial charge on any atom is -0.298 e. The Morgan fingerprint density at radius 3 is 1.64 bits per heavy atom. The van der Waals surface area contributed by atoms with Crippen LogP contribution < -0.4 is 4.90 Å². The summed E-state index contributed by atoms with van der Waals surface area (Å²) in [6, 6.07) is 24.6. The highest BCUT2D eigenvalue weighted by Gasteiger charge is 2.78. The predicted octanol–water partition coefficient (Wildman–Crippen LogP) is 4.92. The minimum absolute atomic E-state index is 0.136. The van der Waals surface area contributed by atoms with E-state index in [0.717, 1.165) is 27.2 Å². The van der Waals surface area contributed by atoms with Gasteiger partial charge in [0.15, 0.2) is 5.78 Å². The van der Waals surface area contributed by atoms with Crippen LogP contribution in [0.3, 0.4) is 0 Å². The second-order valence-electron chi connectivity index (χ2n) is 9.96. The van der Waals surface area contributed by atoms with Gasteiger partial charge in [0, 0.05) is 12.1 Å². The monoisotopic (exact) mass is 478 g/mol. The molecule has 1 aliphatic heterocycles. The number of ketones is 1. The van der Waals surface area contributed by atoms with Crippen LogP contribution >= 0.6 is 0 Å². The van der Waals surface area contributed by atoms with Crippen molar-refractivity contribution >= 4 is 40.1 Å². The number of nitrogens with zero attached hydrogens (tertiary/aromatic N) is 2. The van der Waals surface area contributed by atoms with Crippen molar-refractivity contribution in [2.24, 2.45) is 22.7 Å². The molecule has 4 atom stereocenters. The molecule has 0 N–H and O–H groups in total. The molecule has 0 aromatic heterocycles. The fraction of sp³-hybridized carbons (Fsp3) is 0.207. The maximum atomic E-state index is 14.2. The van der Waals surface area contributed by atoms with Gasteiger partial charge in [-0.2, -0.15) is 0 Å². The van der Waals surface area contributed by atoms with Crippen molar-refractivity contribution in [2.45, 2.75) is 13.8 Å². The molecule has 1 heterocycles. The summed E-state index contributed by atoms with van der Waals surface area (Å²) in [5, 5.41) is 11.4. The molecule has 1 saturated heterocycles. The summed E-state index contributed by atoms with van der Waals surface area (Å²) < 4.78 is 0. The van der Waals surface area contributed by atoms with Crippen LogP contribution in [0.1, 0.15) is 25.0 Å². The van der Waals surface area contributed by atoms with Crippen molar-refractivity contribution in [2.75, 3.05) is 4.90 Å². The summed E-state index contributed by atoms with van der Waals surface area (Å²) in [7, 11) is 0. The molecule has 178 valence electrons. The van der Waals surface area contributed by atoms with E-state index >= 15 is 0 Å². The highest BCUT2D eigenvalue weighted by atomic mass is 16.6. The Morgan fingerprint density at radius 2 is 1.19 bits per heavy atom. The summed E-state index contributed by atoms with van der Waals surface area (Å²) in [4.78, 5) is 53.9. The van der Waals surface area contributed by atoms with E-state index in [1.54, 1.807) is 13.8 Å². The van der Waals surface area contributed by atoms with Crippen molar-refractivity contribution < 1.29 is 19.3 Å². The Kier molecular flexibility index (Phi) is 4.48. The number of allylic oxidation sites excluding steroid dienone is 2. The second kappa shape index (κ2) is 7.31. The molecule has 6 rings (SSSR count). The SMILES string of the molecule is C[C@]12C(=O)[C@](C)(C(c3ccccc3)=C1c1ccccc1)[C@H]1C(=O)N(c3cccc([N+](=O)[O-])c3)C(=O)[C@@H]12. The van der Waals surface area contributed by atoms with Crippen LogP contribution in [-0.2, 0) is 14.4 Å². The number of nitro groups is 1. The average Bonchev–Trinajstić information content (AvgIpc) is 3.34. The highest BCUT2D eigenvalue weighted by molar-refractivity contribution is 6.34. The third-order valence-electron chi connectivity index (χ3n) is 8.21. The Morgan fingerprint density at radius 1 is 0.722 bits per heavy atom. The number of rotatable bonds is 4. The van der Waals surface area contributed by atoms with Crippen molar-refractivity contribution in [3.63, 3.8) is 0 Å². The van der Waals surface area contributed by atoms with Crippen LogP contribution in [0, 0.1) is 32.8 Å². The molecule has 1 saturated carbocycles. The van der Waals surface area contributed by atoms with Gasteiger partial charge in [0.05, 0.1) is 33.3 Å². The van der Waals surface area contributed by atoms with Gasteiger partial charge in [0.25, 0.3) is 5.69 Å². The zero-order valence-electron chi connectivity index (χ0n) is 19.7. The molecule has 36 heavy (non-hydrogen) atoms. The van der Waals surface area contributed by atoms with Crippen molar-refractivity contribution in [1.29, 1.82) is 0 Å². The number of hydrogen-bond donors (Lipinski definition) is 0. The van der Waals surface area contributed by atoms with Gasteiger partial charge in [-0.15, -0.1) is 0 Å². The molecule has 2 bridgehead atoms. The lowest BCUT2D eigenvalue weighted by molar-refractivity contribution is -0.384. The second-order valence-corrected chi connectivity index (χ2v) is 9.96. The highest BCUT2D eigenvalue weighted by Crippen LogP contribution is 2.73. The minimum atomic E-state index is -1.23. The van der Waals surface area contributed by atoms with Gasteiger partial charge in [-0.05, 0) is 42.2 Å². The van der Waals surface area contributed by atoms with E-state index in [1.807, 2.05) is 60.7 Å². The van der Waals surface area contributed by atoms with Gasteiger partial charge in [0.2, 0.25) is 11.8 Å². The zero-order valence-corrected chi connectivity index (χ0v) is 19.7. The first-order chi connectivity index (χ1) is 17.2. The lowest BCUT2D eigenvalue weighted by Crippen LogP contribution is -2.40. The molecule has 0 unspecified atom stereocenters. The zero-order chi connectivity index (χ0) is 25.4. The summed E-state index contributed by atoms with van der Waals surface area (Å²) in [5.41, 5.74) is 0.689. The number of nitro benzene ring substituents is 1. The van der Waals surface area contributed by atoms with Gasteiger partial charge in [-0.1, -0.05) is 66.7 Å². The van der Waals surface area contributed by atoms with Gasteiger partial charge in [0.1, 0.15) is 0 Å². The number of non-ortho nitro benzene ring substituents is 1. The van der Waals surface area contributed by atoms with Crippen molar-refractivity contribution in [1.82, 2.24) is 0 Å². The average molecular weight is 479 g/mol. The quantitative estimate of drug-likeness (QED) is 0.301. The number of hydrogen-bond acceptors (Lipinski definition) is 5. The molecule has 2 amide bonds. The first-order valence-corrected chi connectivity index (χ1v) is 11.8. The molecule has 2 aliphatic carbocycles. The van der Waals surface area contributed by atoms with Crippen LogP contribution in [-0.4, -0.2) is 22.5 Å². The third kappa shape index (κ3) is 2.54. The number of carbonyl (C=O) groups is 3. The Hall–Kier alpha value is -4.39. The van der Waals surface area contributed by atoms with Crippen LogP contribution in [0.25, 0.3) is 11.1 Å². The maximum absolute atomic E-state index is 14.2. The van der Waals surface area contributed by atoms with Crippen LogP contribution in [0.4, 0.5) is 11.4 Å². The summed E-state index contributed by atoms with van der Waals surface area (Å²) in [5.74, 6) is -2.92. The summed E-state index contributed by atoms with van der Waals surface area (Å²) in [6.07, 6.45) is 0. The molecular formula is C29H22N2O5. The molecule has 3 aliphatic rings. The number of amides is 2. The third-order valence-corrected chi connectivity index (χ3v) is 8.21. The fourth-order valence-corrected chi connectivity index (χ4v) is 6.81. The van der Waals surface area contributed by atoms with Gasteiger partial charge >= 0.3 is 0 Å². The van der Waals surface area contributed by atoms with Crippen LogP contribution in [0.15, 0.2) is 84.9 Å². The Balaban J connectivity index is 1.60. The fourth-order valence-electron chi connectivity index (χ4n) is 6.81. The Bertz CT molecular complexity index is 1430. The van der Waals surface area contributed by atoms with Crippen LogP contribution in [0.2, 0.25) is 0 Å². The number of imide groups is 1. The smallest absolute Gasteiger partial charge is 0.271 e. The van der Waals surface area contributed by atoms with E-state index in [4.69, 9.17) is 0 Å². The molecule has 0 radical (unpaired) electrons. The first kappa shape index (κ1) is 22.1. The normalized spacial score (nSPS) is 28.7. The number of Topliss-reactive ketones (excluding diaryl/α,β-unsaturated/α-hetero) is 1. The lowest BCUT2D eigenvalue weighted by Gasteiger charge is -2.35. The molecule has 7 nitrogen and oxygen atoms in total. The number of anilines is 1. The largest absolute Gasteiger partial charge is 0.298 e.